The number of ether oxygens (including phenoxy) is 2. The lowest BCUT2D eigenvalue weighted by atomic mass is 10.1. The topological polar surface area (TPSA) is 35.5 Å². The van der Waals surface area contributed by atoms with Crippen LogP contribution in [0.1, 0.15) is 44.5 Å². The molecule has 0 bridgehead atoms. The van der Waals surface area contributed by atoms with Gasteiger partial charge in [0.1, 0.15) is 22.7 Å². The van der Waals surface area contributed by atoms with E-state index in [1.54, 1.807) is 26.8 Å². The lowest BCUT2D eigenvalue weighted by Crippen LogP contribution is -2.25. The molecule has 1 aromatic carbocycles. The Morgan fingerprint density at radius 2 is 2.00 bits per heavy atom. The normalized spacial score (nSPS) is 11.3. The second kappa shape index (κ2) is 6.37. The van der Waals surface area contributed by atoms with Gasteiger partial charge in [-0.05, 0) is 39.3 Å². The van der Waals surface area contributed by atoms with Crippen molar-refractivity contribution in [1.29, 1.82) is 0 Å². The average Bonchev–Trinajstić information content (AvgIpc) is 2.22. The lowest BCUT2D eigenvalue weighted by molar-refractivity contribution is 0.00607. The van der Waals surface area contributed by atoms with E-state index in [-0.39, 0.29) is 11.3 Å². The van der Waals surface area contributed by atoms with Gasteiger partial charge in [0.05, 0.1) is 6.61 Å². The van der Waals surface area contributed by atoms with Crippen LogP contribution >= 0.6 is 15.9 Å². The van der Waals surface area contributed by atoms with Crippen LogP contribution in [0.2, 0.25) is 0 Å². The maximum absolute atomic E-state index is 14.0. The Balaban J connectivity index is 3.13. The van der Waals surface area contributed by atoms with E-state index in [4.69, 9.17) is 9.47 Å². The molecule has 1 rings (SSSR count). The average molecular weight is 333 g/mol. The zero-order valence-corrected chi connectivity index (χ0v) is 13.1. The van der Waals surface area contributed by atoms with E-state index in [2.05, 4.69) is 15.9 Å². The Bertz CT molecular complexity index is 466. The number of carbonyl (C=O) groups is 1. The zero-order chi connectivity index (χ0) is 14.6. The number of esters is 1. The first-order valence-corrected chi connectivity index (χ1v) is 6.89. The Hall–Kier alpha value is -1.10. The molecule has 0 aliphatic carbocycles. The molecule has 3 nitrogen and oxygen atoms in total. The van der Waals surface area contributed by atoms with E-state index >= 15 is 0 Å². The fraction of sp³-hybridized carbons (Fsp3) is 0.500. The van der Waals surface area contributed by atoms with E-state index in [9.17, 15) is 9.18 Å². The molecule has 0 amide bonds. The van der Waals surface area contributed by atoms with Crippen LogP contribution in [-0.4, -0.2) is 18.2 Å². The Morgan fingerprint density at radius 3 is 2.53 bits per heavy atom. The predicted octanol–water partition coefficient (Wildman–Crippen LogP) is 4.33. The molecule has 19 heavy (non-hydrogen) atoms. The SMILES string of the molecule is CCCOc1cc(Br)cc(F)c1C(=O)OC(C)(C)C. The van der Waals surface area contributed by atoms with E-state index < -0.39 is 17.4 Å². The Labute approximate surface area is 121 Å². The highest BCUT2D eigenvalue weighted by Gasteiger charge is 2.25. The summed E-state index contributed by atoms with van der Waals surface area (Å²) < 4.78 is 25.1. The molecule has 106 valence electrons. The third-order valence-electron chi connectivity index (χ3n) is 2.08. The summed E-state index contributed by atoms with van der Waals surface area (Å²) in [5, 5.41) is 0. The van der Waals surface area contributed by atoms with Crippen molar-refractivity contribution in [3.63, 3.8) is 0 Å². The first-order chi connectivity index (χ1) is 8.74. The van der Waals surface area contributed by atoms with Crippen molar-refractivity contribution in [2.24, 2.45) is 0 Å². The van der Waals surface area contributed by atoms with Gasteiger partial charge < -0.3 is 9.47 Å². The quantitative estimate of drug-likeness (QED) is 0.769. The first-order valence-electron chi connectivity index (χ1n) is 6.09. The van der Waals surface area contributed by atoms with Crippen LogP contribution in [0.25, 0.3) is 0 Å². The highest BCUT2D eigenvalue weighted by molar-refractivity contribution is 9.10. The lowest BCUT2D eigenvalue weighted by Gasteiger charge is -2.21. The summed E-state index contributed by atoms with van der Waals surface area (Å²) in [5.41, 5.74) is -0.843. The van der Waals surface area contributed by atoms with Gasteiger partial charge in [0.2, 0.25) is 0 Å². The Morgan fingerprint density at radius 1 is 1.37 bits per heavy atom. The summed E-state index contributed by atoms with van der Waals surface area (Å²) in [6, 6.07) is 2.79. The molecule has 0 spiro atoms. The zero-order valence-electron chi connectivity index (χ0n) is 11.5. The van der Waals surface area contributed by atoms with Gasteiger partial charge in [-0.2, -0.15) is 0 Å². The number of benzene rings is 1. The van der Waals surface area contributed by atoms with Gasteiger partial charge in [0, 0.05) is 4.47 Å². The number of carbonyl (C=O) groups excluding carboxylic acids is 1. The summed E-state index contributed by atoms with van der Waals surface area (Å²) in [5.74, 6) is -1.18. The predicted molar refractivity (Wildman–Crippen MR) is 75.1 cm³/mol. The van der Waals surface area contributed by atoms with Crippen molar-refractivity contribution in [2.75, 3.05) is 6.61 Å². The van der Waals surface area contributed by atoms with Gasteiger partial charge in [-0.25, -0.2) is 9.18 Å². The fourth-order valence-corrected chi connectivity index (χ4v) is 1.81. The summed E-state index contributed by atoms with van der Waals surface area (Å²) in [6.45, 7) is 7.53. The molecule has 0 atom stereocenters. The van der Waals surface area contributed by atoms with Crippen molar-refractivity contribution < 1.29 is 18.7 Å². The minimum absolute atomic E-state index is 0.161. The molecule has 0 aliphatic rings. The molecular weight excluding hydrogens is 315 g/mol. The maximum Gasteiger partial charge on any atom is 0.345 e. The van der Waals surface area contributed by atoms with Gasteiger partial charge in [0.15, 0.2) is 0 Å². The van der Waals surface area contributed by atoms with Crippen LogP contribution < -0.4 is 4.74 Å². The maximum atomic E-state index is 14.0. The fourth-order valence-electron chi connectivity index (χ4n) is 1.40. The molecular formula is C14H18BrFO3. The van der Waals surface area contributed by atoms with Gasteiger partial charge in [-0.3, -0.25) is 0 Å². The summed E-state index contributed by atoms with van der Waals surface area (Å²) in [7, 11) is 0. The molecule has 5 heteroatoms. The van der Waals surface area contributed by atoms with Crippen molar-refractivity contribution in [3.8, 4) is 5.75 Å². The molecule has 0 saturated heterocycles. The molecule has 0 unspecified atom stereocenters. The standard InChI is InChI=1S/C14H18BrFO3/c1-5-6-18-11-8-9(15)7-10(16)12(11)13(17)19-14(2,3)4/h7-8H,5-6H2,1-4H3. The summed E-state index contributed by atoms with van der Waals surface area (Å²) in [4.78, 5) is 12.0. The van der Waals surface area contributed by atoms with Crippen molar-refractivity contribution >= 4 is 21.9 Å². The van der Waals surface area contributed by atoms with E-state index in [0.29, 0.717) is 11.1 Å². The van der Waals surface area contributed by atoms with E-state index in [1.165, 1.54) is 6.07 Å². The van der Waals surface area contributed by atoms with Crippen molar-refractivity contribution in [1.82, 2.24) is 0 Å². The van der Waals surface area contributed by atoms with E-state index in [1.807, 2.05) is 6.92 Å². The largest absolute Gasteiger partial charge is 0.493 e. The highest BCUT2D eigenvalue weighted by atomic mass is 79.9. The van der Waals surface area contributed by atoms with Gasteiger partial charge >= 0.3 is 5.97 Å². The molecule has 0 radical (unpaired) electrons. The van der Waals surface area contributed by atoms with Gasteiger partial charge in [-0.15, -0.1) is 0 Å². The molecule has 0 heterocycles. The van der Waals surface area contributed by atoms with Crippen LogP contribution in [0.15, 0.2) is 16.6 Å². The Kier molecular flexibility index (Phi) is 5.35. The third kappa shape index (κ3) is 4.82. The third-order valence-corrected chi connectivity index (χ3v) is 2.54. The smallest absolute Gasteiger partial charge is 0.345 e. The number of hydrogen-bond acceptors (Lipinski definition) is 3. The number of halogens is 2. The molecule has 0 saturated carbocycles. The van der Waals surface area contributed by atoms with Crippen LogP contribution in [0.3, 0.4) is 0 Å². The minimum atomic E-state index is -0.719. The van der Waals surface area contributed by atoms with Crippen LogP contribution in [0.4, 0.5) is 4.39 Å². The number of hydrogen-bond donors (Lipinski definition) is 0. The van der Waals surface area contributed by atoms with E-state index in [0.717, 1.165) is 6.42 Å². The van der Waals surface area contributed by atoms with Crippen molar-refractivity contribution in [3.05, 3.63) is 28.0 Å². The van der Waals surface area contributed by atoms with Gasteiger partial charge in [0.25, 0.3) is 0 Å². The van der Waals surface area contributed by atoms with Crippen LogP contribution in [-0.2, 0) is 4.74 Å². The molecule has 0 aromatic heterocycles. The first kappa shape index (κ1) is 16.0. The molecule has 0 fully saturated rings. The monoisotopic (exact) mass is 332 g/mol. The second-order valence-corrected chi connectivity index (χ2v) is 6.03. The van der Waals surface area contributed by atoms with Gasteiger partial charge in [-0.1, -0.05) is 22.9 Å². The van der Waals surface area contributed by atoms with Crippen molar-refractivity contribution in [2.45, 2.75) is 39.7 Å². The molecule has 0 aliphatic heterocycles. The summed E-state index contributed by atoms with van der Waals surface area (Å²) >= 11 is 3.18. The number of rotatable bonds is 4. The van der Waals surface area contributed by atoms with Crippen LogP contribution in [0.5, 0.6) is 5.75 Å². The minimum Gasteiger partial charge on any atom is -0.493 e. The second-order valence-electron chi connectivity index (χ2n) is 5.11. The van der Waals surface area contributed by atoms with Crippen LogP contribution in [0, 0.1) is 5.82 Å². The molecule has 1 aromatic rings. The highest BCUT2D eigenvalue weighted by Crippen LogP contribution is 2.29. The molecule has 0 N–H and O–H groups in total. The summed E-state index contributed by atoms with van der Waals surface area (Å²) in [6.07, 6.45) is 0.766.